The summed E-state index contributed by atoms with van der Waals surface area (Å²) in [6, 6.07) is 71.7. The van der Waals surface area contributed by atoms with Gasteiger partial charge in [0.1, 0.15) is 5.65 Å². The van der Waals surface area contributed by atoms with Gasteiger partial charge in [0.05, 0.1) is 11.0 Å². The molecule has 8 aromatic carbocycles. The first-order valence-corrected chi connectivity index (χ1v) is 18.1. The Labute approximate surface area is 308 Å². The Morgan fingerprint density at radius 2 is 0.698 bits per heavy atom. The molecule has 0 unspecified atom stereocenters. The molecule has 0 aliphatic heterocycles. The molecule has 248 valence electrons. The van der Waals surface area contributed by atoms with Crippen molar-refractivity contribution in [3.63, 3.8) is 0 Å². The maximum Gasteiger partial charge on any atom is 0.145 e. The van der Waals surface area contributed by atoms with Gasteiger partial charge in [-0.1, -0.05) is 188 Å². The molecule has 0 radical (unpaired) electrons. The first kappa shape index (κ1) is 30.8. The topological polar surface area (TPSA) is 17.3 Å². The van der Waals surface area contributed by atoms with Gasteiger partial charge in [-0.15, -0.1) is 0 Å². The molecule has 53 heavy (non-hydrogen) atoms. The molecule has 2 heteroatoms. The van der Waals surface area contributed by atoms with Crippen LogP contribution in [0.15, 0.2) is 206 Å². The van der Waals surface area contributed by atoms with Crippen molar-refractivity contribution in [2.75, 3.05) is 0 Å². The summed E-state index contributed by atoms with van der Waals surface area (Å²) in [7, 11) is 0. The summed E-state index contributed by atoms with van der Waals surface area (Å²) >= 11 is 0. The molecule has 0 amide bonds. The van der Waals surface area contributed by atoms with E-state index in [-0.39, 0.29) is 0 Å². The number of benzene rings is 8. The van der Waals surface area contributed by atoms with E-state index >= 15 is 0 Å². The number of hydrogen-bond donors (Lipinski definition) is 0. The number of nitrogens with zero attached hydrogens (tertiary/aromatic N) is 2. The van der Waals surface area contributed by atoms with Crippen LogP contribution in [0.5, 0.6) is 0 Å². The Bertz CT molecular complexity index is 2920. The summed E-state index contributed by atoms with van der Waals surface area (Å²) in [4.78, 5) is 5.55. The largest absolute Gasteiger partial charge is 0.298 e. The second-order valence-corrected chi connectivity index (χ2v) is 13.5. The van der Waals surface area contributed by atoms with Gasteiger partial charge in [0, 0.05) is 22.7 Å². The lowest BCUT2D eigenvalue weighted by atomic mass is 9.89. The minimum atomic E-state index is 0.948. The lowest BCUT2D eigenvalue weighted by molar-refractivity contribution is 1.25. The van der Waals surface area contributed by atoms with Gasteiger partial charge in [0.25, 0.3) is 0 Å². The van der Waals surface area contributed by atoms with E-state index in [1.54, 1.807) is 0 Å². The normalized spacial score (nSPS) is 11.4. The van der Waals surface area contributed by atoms with Gasteiger partial charge in [-0.05, 0) is 73.2 Å². The molecule has 0 spiro atoms. The Balaban J connectivity index is 1.32. The van der Waals surface area contributed by atoms with E-state index in [1.165, 1.54) is 55.5 Å². The minimum absolute atomic E-state index is 0.948. The average molecular weight is 675 g/mol. The SMILES string of the molecule is c1ccc(-c2ccccc2-c2cc(-c3ccccc3-c3ccccc3)c3nc4c5ccccc5c(-c5ccccc5-c5ccccc5)cn4c3c2)cc1. The minimum Gasteiger partial charge on any atom is -0.298 e. The molecule has 0 fully saturated rings. The molecule has 2 heterocycles. The molecule has 0 aliphatic carbocycles. The van der Waals surface area contributed by atoms with Crippen LogP contribution in [0.25, 0.3) is 94.2 Å². The fourth-order valence-corrected chi connectivity index (χ4v) is 7.98. The van der Waals surface area contributed by atoms with Gasteiger partial charge in [0.2, 0.25) is 0 Å². The van der Waals surface area contributed by atoms with Gasteiger partial charge in [-0.25, -0.2) is 4.98 Å². The number of imidazole rings is 1. The van der Waals surface area contributed by atoms with E-state index in [0.29, 0.717) is 0 Å². The standard InChI is InChI=1S/C51H34N2/c1-4-18-35(19-5-1)39-24-10-11-27-42(39)38-32-47(43-28-14-12-25-40(43)36-20-6-2-7-21-36)50-49(33-38)53-34-48(45-30-16-17-31-46(45)51(53)52-50)44-29-15-13-26-41(44)37-22-8-3-9-23-37/h1-34H. The maximum absolute atomic E-state index is 5.55. The summed E-state index contributed by atoms with van der Waals surface area (Å²) < 4.78 is 2.33. The Hall–Kier alpha value is -7.03. The molecule has 0 saturated carbocycles. The van der Waals surface area contributed by atoms with Crippen molar-refractivity contribution < 1.29 is 0 Å². The van der Waals surface area contributed by atoms with E-state index < -0.39 is 0 Å². The van der Waals surface area contributed by atoms with Crippen LogP contribution in [0.1, 0.15) is 0 Å². The van der Waals surface area contributed by atoms with Gasteiger partial charge >= 0.3 is 0 Å². The molecular formula is C51H34N2. The zero-order valence-electron chi connectivity index (χ0n) is 29.0. The van der Waals surface area contributed by atoms with Crippen LogP contribution in [0, 0.1) is 0 Å². The zero-order chi connectivity index (χ0) is 35.1. The highest BCUT2D eigenvalue weighted by Gasteiger charge is 2.21. The lowest BCUT2D eigenvalue weighted by Gasteiger charge is -2.16. The van der Waals surface area contributed by atoms with Crippen LogP contribution in [-0.4, -0.2) is 9.38 Å². The first-order chi connectivity index (χ1) is 26.3. The fourth-order valence-electron chi connectivity index (χ4n) is 7.98. The van der Waals surface area contributed by atoms with Crippen molar-refractivity contribution in [2.45, 2.75) is 0 Å². The Morgan fingerprint density at radius 1 is 0.302 bits per heavy atom. The van der Waals surface area contributed by atoms with E-state index in [2.05, 4.69) is 211 Å². The van der Waals surface area contributed by atoms with Crippen molar-refractivity contribution in [1.29, 1.82) is 0 Å². The molecule has 10 rings (SSSR count). The van der Waals surface area contributed by atoms with Gasteiger partial charge in [0.15, 0.2) is 0 Å². The molecule has 0 saturated heterocycles. The fraction of sp³-hybridized carbons (Fsp3) is 0. The highest BCUT2D eigenvalue weighted by Crippen LogP contribution is 2.43. The second kappa shape index (κ2) is 12.9. The summed E-state index contributed by atoms with van der Waals surface area (Å²) in [5, 5.41) is 2.30. The van der Waals surface area contributed by atoms with Crippen molar-refractivity contribution in [3.05, 3.63) is 206 Å². The summed E-state index contributed by atoms with van der Waals surface area (Å²) in [5.41, 5.74) is 17.1. The van der Waals surface area contributed by atoms with Crippen molar-refractivity contribution in [2.24, 2.45) is 0 Å². The number of fused-ring (bicyclic) bond motifs is 5. The van der Waals surface area contributed by atoms with E-state index in [9.17, 15) is 0 Å². The predicted octanol–water partition coefficient (Wildman–Crippen LogP) is 13.6. The average Bonchev–Trinajstić information content (AvgIpc) is 3.63. The van der Waals surface area contributed by atoms with Gasteiger partial charge in [-0.3, -0.25) is 4.40 Å². The van der Waals surface area contributed by atoms with Crippen molar-refractivity contribution in [3.8, 4) is 66.8 Å². The van der Waals surface area contributed by atoms with Crippen LogP contribution in [0.2, 0.25) is 0 Å². The first-order valence-electron chi connectivity index (χ1n) is 18.1. The number of aromatic nitrogens is 2. The molecule has 0 aliphatic rings. The summed E-state index contributed by atoms with van der Waals surface area (Å²) in [6.45, 7) is 0. The molecule has 2 aromatic heterocycles. The highest BCUT2D eigenvalue weighted by atomic mass is 15.0. The van der Waals surface area contributed by atoms with Gasteiger partial charge < -0.3 is 0 Å². The predicted molar refractivity (Wildman–Crippen MR) is 223 cm³/mol. The second-order valence-electron chi connectivity index (χ2n) is 13.5. The molecule has 2 nitrogen and oxygen atoms in total. The summed E-state index contributed by atoms with van der Waals surface area (Å²) in [5.74, 6) is 0. The molecule has 0 atom stereocenters. The lowest BCUT2D eigenvalue weighted by Crippen LogP contribution is -1.93. The molecular weight excluding hydrogens is 641 g/mol. The zero-order valence-corrected chi connectivity index (χ0v) is 29.0. The molecule has 0 N–H and O–H groups in total. The van der Waals surface area contributed by atoms with E-state index in [1.807, 2.05) is 0 Å². The van der Waals surface area contributed by atoms with Crippen LogP contribution in [-0.2, 0) is 0 Å². The third-order valence-corrected chi connectivity index (χ3v) is 10.4. The van der Waals surface area contributed by atoms with Gasteiger partial charge in [-0.2, -0.15) is 0 Å². The van der Waals surface area contributed by atoms with Crippen molar-refractivity contribution >= 4 is 27.5 Å². The smallest absolute Gasteiger partial charge is 0.145 e. The van der Waals surface area contributed by atoms with E-state index in [4.69, 9.17) is 4.98 Å². The monoisotopic (exact) mass is 674 g/mol. The highest BCUT2D eigenvalue weighted by molar-refractivity contribution is 6.10. The molecule has 10 aromatic rings. The quantitative estimate of drug-likeness (QED) is 0.172. The van der Waals surface area contributed by atoms with E-state index in [0.717, 1.165) is 38.8 Å². The van der Waals surface area contributed by atoms with Crippen LogP contribution in [0.3, 0.4) is 0 Å². The number of hydrogen-bond acceptors (Lipinski definition) is 1. The Morgan fingerprint density at radius 3 is 1.23 bits per heavy atom. The third-order valence-electron chi connectivity index (χ3n) is 10.4. The van der Waals surface area contributed by atoms with Crippen molar-refractivity contribution in [1.82, 2.24) is 9.38 Å². The third kappa shape index (κ3) is 5.32. The number of pyridine rings is 1. The maximum atomic E-state index is 5.55. The Kier molecular flexibility index (Phi) is 7.51. The van der Waals surface area contributed by atoms with Crippen LogP contribution in [0.4, 0.5) is 0 Å². The van der Waals surface area contributed by atoms with Crippen LogP contribution < -0.4 is 0 Å². The number of rotatable bonds is 6. The van der Waals surface area contributed by atoms with Crippen LogP contribution >= 0.6 is 0 Å². The summed E-state index contributed by atoms with van der Waals surface area (Å²) in [6.07, 6.45) is 2.31. The molecule has 0 bridgehead atoms.